The Bertz CT molecular complexity index is 297. The van der Waals surface area contributed by atoms with Crippen molar-refractivity contribution in [3.05, 3.63) is 18.2 Å². The maximum atomic E-state index is 9.19. The Hall–Kier alpha value is -1.29. The predicted molar refractivity (Wildman–Crippen MR) is 58.1 cm³/mol. The van der Waals surface area contributed by atoms with Gasteiger partial charge in [0.2, 0.25) is 0 Å². The highest BCUT2D eigenvalue weighted by atomic mass is 16.3. The lowest BCUT2D eigenvalue weighted by molar-refractivity contribution is 0.218. The Morgan fingerprint density at radius 1 is 1.57 bits per heavy atom. The predicted octanol–water partition coefficient (Wildman–Crippen LogP) is 1.24. The van der Waals surface area contributed by atoms with Crippen LogP contribution < -0.4 is 11.1 Å². The van der Waals surface area contributed by atoms with Gasteiger partial charge in [-0.15, -0.1) is 0 Å². The van der Waals surface area contributed by atoms with E-state index in [1.165, 1.54) is 0 Å². The van der Waals surface area contributed by atoms with Crippen molar-refractivity contribution in [1.82, 2.24) is 4.98 Å². The van der Waals surface area contributed by atoms with Crippen LogP contribution in [-0.2, 0) is 0 Å². The van der Waals surface area contributed by atoms with Gasteiger partial charge in [0.1, 0.15) is 11.6 Å². The van der Waals surface area contributed by atoms with Gasteiger partial charge in [-0.05, 0) is 25.5 Å². The van der Waals surface area contributed by atoms with E-state index in [0.29, 0.717) is 11.6 Å². The molecular formula is C10H17N3O. The van der Waals surface area contributed by atoms with Gasteiger partial charge in [-0.25, -0.2) is 4.98 Å². The van der Waals surface area contributed by atoms with E-state index in [2.05, 4.69) is 10.3 Å². The smallest absolute Gasteiger partial charge is 0.128 e. The second kappa shape index (κ2) is 4.28. The lowest BCUT2D eigenvalue weighted by Crippen LogP contribution is -2.38. The van der Waals surface area contributed by atoms with Crippen molar-refractivity contribution in [2.24, 2.45) is 0 Å². The number of aliphatic hydroxyl groups is 1. The van der Waals surface area contributed by atoms with Gasteiger partial charge in [-0.2, -0.15) is 0 Å². The standard InChI is InChI=1S/C10H17N3O/c1-3-10(2,7-14)13-9-6-4-5-8(11)12-9/h4-6,14H,3,7H2,1-2H3,(H3,11,12,13). The van der Waals surface area contributed by atoms with E-state index in [-0.39, 0.29) is 12.1 Å². The lowest BCUT2D eigenvalue weighted by atomic mass is 10.0. The molecule has 4 heteroatoms. The highest BCUT2D eigenvalue weighted by Gasteiger charge is 2.20. The van der Waals surface area contributed by atoms with Crippen molar-refractivity contribution in [2.75, 3.05) is 17.7 Å². The second-order valence-electron chi connectivity index (χ2n) is 3.65. The van der Waals surface area contributed by atoms with Crippen LogP contribution in [0.15, 0.2) is 18.2 Å². The normalized spacial score (nSPS) is 14.8. The van der Waals surface area contributed by atoms with Crippen LogP contribution in [0.4, 0.5) is 11.6 Å². The van der Waals surface area contributed by atoms with Crippen molar-refractivity contribution in [1.29, 1.82) is 0 Å². The van der Waals surface area contributed by atoms with E-state index in [4.69, 9.17) is 5.73 Å². The highest BCUT2D eigenvalue weighted by Crippen LogP contribution is 2.16. The molecule has 1 aromatic rings. The number of anilines is 2. The number of nitrogens with zero attached hydrogens (tertiary/aromatic N) is 1. The molecule has 0 saturated heterocycles. The fraction of sp³-hybridized carbons (Fsp3) is 0.500. The largest absolute Gasteiger partial charge is 0.394 e. The molecule has 0 saturated carbocycles. The van der Waals surface area contributed by atoms with Crippen molar-refractivity contribution in [3.8, 4) is 0 Å². The zero-order valence-electron chi connectivity index (χ0n) is 8.62. The van der Waals surface area contributed by atoms with Crippen molar-refractivity contribution >= 4 is 11.6 Å². The van der Waals surface area contributed by atoms with E-state index in [0.717, 1.165) is 6.42 Å². The van der Waals surface area contributed by atoms with Gasteiger partial charge >= 0.3 is 0 Å². The first-order valence-electron chi connectivity index (χ1n) is 4.71. The summed E-state index contributed by atoms with van der Waals surface area (Å²) < 4.78 is 0. The van der Waals surface area contributed by atoms with Crippen LogP contribution in [0.1, 0.15) is 20.3 Å². The highest BCUT2D eigenvalue weighted by molar-refractivity contribution is 5.44. The monoisotopic (exact) mass is 195 g/mol. The fourth-order valence-electron chi connectivity index (χ4n) is 1.07. The van der Waals surface area contributed by atoms with E-state index in [9.17, 15) is 5.11 Å². The molecule has 0 aliphatic rings. The molecule has 0 aromatic carbocycles. The van der Waals surface area contributed by atoms with E-state index in [1.54, 1.807) is 6.07 Å². The van der Waals surface area contributed by atoms with E-state index in [1.807, 2.05) is 26.0 Å². The number of aromatic nitrogens is 1. The Balaban J connectivity index is 2.77. The van der Waals surface area contributed by atoms with Crippen LogP contribution in [0.3, 0.4) is 0 Å². The molecule has 1 heterocycles. The van der Waals surface area contributed by atoms with Gasteiger partial charge in [-0.3, -0.25) is 0 Å². The first-order chi connectivity index (χ1) is 6.59. The van der Waals surface area contributed by atoms with Crippen LogP contribution in [-0.4, -0.2) is 22.2 Å². The maximum Gasteiger partial charge on any atom is 0.128 e. The molecule has 0 amide bonds. The fourth-order valence-corrected chi connectivity index (χ4v) is 1.07. The Morgan fingerprint density at radius 2 is 2.29 bits per heavy atom. The Kier molecular flexibility index (Phi) is 3.30. The summed E-state index contributed by atoms with van der Waals surface area (Å²) in [6, 6.07) is 5.39. The van der Waals surface area contributed by atoms with Crippen LogP contribution in [0, 0.1) is 0 Å². The minimum atomic E-state index is -0.333. The van der Waals surface area contributed by atoms with Crippen LogP contribution in [0.5, 0.6) is 0 Å². The summed E-state index contributed by atoms with van der Waals surface area (Å²) in [7, 11) is 0. The number of pyridine rings is 1. The molecule has 0 bridgehead atoms. The number of hydrogen-bond donors (Lipinski definition) is 3. The quantitative estimate of drug-likeness (QED) is 0.676. The van der Waals surface area contributed by atoms with Crippen LogP contribution in [0.2, 0.25) is 0 Å². The molecule has 0 spiro atoms. The zero-order valence-corrected chi connectivity index (χ0v) is 8.62. The first-order valence-corrected chi connectivity index (χ1v) is 4.71. The minimum absolute atomic E-state index is 0.0694. The Morgan fingerprint density at radius 3 is 2.79 bits per heavy atom. The van der Waals surface area contributed by atoms with Gasteiger partial charge < -0.3 is 16.2 Å². The molecule has 1 aromatic heterocycles. The summed E-state index contributed by atoms with van der Waals surface area (Å²) in [6.45, 7) is 4.02. The minimum Gasteiger partial charge on any atom is -0.394 e. The lowest BCUT2D eigenvalue weighted by Gasteiger charge is -2.27. The SMILES string of the molecule is CCC(C)(CO)Nc1cccc(N)n1. The number of rotatable bonds is 4. The van der Waals surface area contributed by atoms with Crippen LogP contribution >= 0.6 is 0 Å². The number of hydrogen-bond acceptors (Lipinski definition) is 4. The first kappa shape index (κ1) is 10.8. The molecule has 4 nitrogen and oxygen atoms in total. The van der Waals surface area contributed by atoms with Gasteiger partial charge in [0.15, 0.2) is 0 Å². The van der Waals surface area contributed by atoms with Gasteiger partial charge in [0.05, 0.1) is 12.1 Å². The Labute approximate surface area is 84.2 Å². The molecule has 1 rings (SSSR count). The van der Waals surface area contributed by atoms with Crippen molar-refractivity contribution in [2.45, 2.75) is 25.8 Å². The van der Waals surface area contributed by atoms with Crippen molar-refractivity contribution < 1.29 is 5.11 Å². The summed E-state index contributed by atoms with van der Waals surface area (Å²) in [5.41, 5.74) is 5.21. The molecule has 4 N–H and O–H groups in total. The summed E-state index contributed by atoms with van der Waals surface area (Å²) in [5, 5.41) is 12.3. The second-order valence-corrected chi connectivity index (χ2v) is 3.65. The van der Waals surface area contributed by atoms with Gasteiger partial charge in [0.25, 0.3) is 0 Å². The molecule has 0 aliphatic carbocycles. The average molecular weight is 195 g/mol. The topological polar surface area (TPSA) is 71.2 Å². The van der Waals surface area contributed by atoms with E-state index < -0.39 is 0 Å². The average Bonchev–Trinajstić information content (AvgIpc) is 2.18. The summed E-state index contributed by atoms with van der Waals surface area (Å²) in [4.78, 5) is 4.11. The summed E-state index contributed by atoms with van der Waals surface area (Å²) >= 11 is 0. The van der Waals surface area contributed by atoms with E-state index >= 15 is 0 Å². The van der Waals surface area contributed by atoms with Gasteiger partial charge in [-0.1, -0.05) is 13.0 Å². The molecule has 78 valence electrons. The maximum absolute atomic E-state index is 9.19. The molecular weight excluding hydrogens is 178 g/mol. The zero-order chi connectivity index (χ0) is 10.6. The summed E-state index contributed by atoms with van der Waals surface area (Å²) in [6.07, 6.45) is 0.819. The third kappa shape index (κ3) is 2.60. The van der Waals surface area contributed by atoms with Crippen molar-refractivity contribution in [3.63, 3.8) is 0 Å². The molecule has 0 fully saturated rings. The number of aliphatic hydroxyl groups excluding tert-OH is 1. The molecule has 0 aliphatic heterocycles. The molecule has 1 atom stereocenters. The van der Waals surface area contributed by atoms with Crippen LogP contribution in [0.25, 0.3) is 0 Å². The molecule has 0 radical (unpaired) electrons. The number of nitrogens with two attached hydrogens (primary N) is 1. The van der Waals surface area contributed by atoms with Gasteiger partial charge in [0, 0.05) is 0 Å². The molecule has 1 unspecified atom stereocenters. The third-order valence-electron chi connectivity index (χ3n) is 2.33. The summed E-state index contributed by atoms with van der Waals surface area (Å²) in [5.74, 6) is 1.18. The third-order valence-corrected chi connectivity index (χ3v) is 2.33. The number of nitrogens with one attached hydrogen (secondary N) is 1. The number of nitrogen functional groups attached to an aromatic ring is 1. The molecule has 14 heavy (non-hydrogen) atoms.